The predicted molar refractivity (Wildman–Crippen MR) is 130 cm³/mol. The lowest BCUT2D eigenvalue weighted by molar-refractivity contribution is -0.149. The molecule has 1 fully saturated rings. The van der Waals surface area contributed by atoms with E-state index in [0.717, 1.165) is 0 Å². The molecule has 37 heavy (non-hydrogen) atoms. The monoisotopic (exact) mass is 536 g/mol. The number of hydrogen-bond acceptors (Lipinski definition) is 12. The molecule has 0 radical (unpaired) electrons. The van der Waals surface area contributed by atoms with Gasteiger partial charge in [-0.25, -0.2) is 19.5 Å². The molecule has 1 aliphatic heterocycles. The molecule has 3 aromatic rings. The minimum atomic E-state index is -4.20. The Kier molecular flexibility index (Phi) is 8.07. The number of fused-ring (bicyclic) bond motifs is 1. The highest BCUT2D eigenvalue weighted by Gasteiger charge is 2.46. The van der Waals surface area contributed by atoms with Crippen LogP contribution in [0.5, 0.6) is 5.75 Å². The molecule has 1 saturated heterocycles. The van der Waals surface area contributed by atoms with Gasteiger partial charge in [-0.1, -0.05) is 18.2 Å². The number of benzene rings is 1. The molecule has 1 aliphatic rings. The Morgan fingerprint density at radius 1 is 1.19 bits per heavy atom. The van der Waals surface area contributed by atoms with E-state index in [4.69, 9.17) is 24.3 Å². The summed E-state index contributed by atoms with van der Waals surface area (Å²) >= 11 is 0. The van der Waals surface area contributed by atoms with Crippen LogP contribution in [0.1, 0.15) is 27.0 Å². The number of nitrogens with zero attached hydrogens (tertiary/aromatic N) is 4. The normalized spacial score (nSPS) is 24.2. The minimum absolute atomic E-state index is 0.145. The number of imidazole rings is 1. The summed E-state index contributed by atoms with van der Waals surface area (Å²) in [5, 5.41) is 23.9. The van der Waals surface area contributed by atoms with Crippen LogP contribution in [0.3, 0.4) is 0 Å². The third kappa shape index (κ3) is 6.06. The van der Waals surface area contributed by atoms with E-state index in [1.54, 1.807) is 44.2 Å². The summed E-state index contributed by atoms with van der Waals surface area (Å²) < 4.78 is 37.2. The van der Waals surface area contributed by atoms with Crippen LogP contribution in [0, 0.1) is 0 Å². The highest BCUT2D eigenvalue weighted by atomic mass is 31.2. The Morgan fingerprint density at radius 2 is 1.92 bits per heavy atom. The van der Waals surface area contributed by atoms with Crippen molar-refractivity contribution in [1.82, 2.24) is 24.6 Å². The maximum atomic E-state index is 13.6. The topological polar surface area (TPSA) is 193 Å². The highest BCUT2D eigenvalue weighted by Crippen LogP contribution is 2.46. The molecule has 6 atom stereocenters. The first-order valence-electron chi connectivity index (χ1n) is 11.5. The fourth-order valence-corrected chi connectivity index (χ4v) is 5.16. The van der Waals surface area contributed by atoms with Crippen molar-refractivity contribution in [3.63, 3.8) is 0 Å². The maximum absolute atomic E-state index is 13.6. The first-order chi connectivity index (χ1) is 17.6. The van der Waals surface area contributed by atoms with Crippen molar-refractivity contribution in [2.75, 3.05) is 12.3 Å². The fourth-order valence-electron chi connectivity index (χ4n) is 3.66. The Morgan fingerprint density at radius 3 is 2.62 bits per heavy atom. The summed E-state index contributed by atoms with van der Waals surface area (Å²) in [6.07, 6.45) is -2.82. The van der Waals surface area contributed by atoms with Crippen molar-refractivity contribution in [3.05, 3.63) is 43.0 Å². The van der Waals surface area contributed by atoms with Gasteiger partial charge in [0.1, 0.15) is 41.9 Å². The third-order valence-corrected chi connectivity index (χ3v) is 7.08. The molecular formula is C22H29N6O8P. The van der Waals surface area contributed by atoms with Crippen LogP contribution in [0.4, 0.5) is 5.82 Å². The molecule has 0 bridgehead atoms. The van der Waals surface area contributed by atoms with Crippen molar-refractivity contribution in [1.29, 1.82) is 0 Å². The van der Waals surface area contributed by atoms with Gasteiger partial charge in [0.2, 0.25) is 0 Å². The average Bonchev–Trinajstić information content (AvgIpc) is 3.40. The largest absolute Gasteiger partial charge is 0.462 e. The fraction of sp³-hybridized carbons (Fsp3) is 0.455. The van der Waals surface area contributed by atoms with Crippen LogP contribution >= 0.6 is 7.75 Å². The van der Waals surface area contributed by atoms with Gasteiger partial charge < -0.3 is 29.9 Å². The molecule has 0 spiro atoms. The molecule has 1 aromatic carbocycles. The number of anilines is 1. The lowest BCUT2D eigenvalue weighted by Gasteiger charge is -2.25. The molecule has 3 heterocycles. The molecule has 4 rings (SSSR count). The number of aliphatic hydroxyl groups is 2. The van der Waals surface area contributed by atoms with Crippen molar-refractivity contribution >= 4 is 30.7 Å². The Bertz CT molecular complexity index is 1270. The smallest absolute Gasteiger partial charge is 0.459 e. The number of carbonyl (C=O) groups excluding carboxylic acids is 1. The van der Waals surface area contributed by atoms with Crippen molar-refractivity contribution < 1.29 is 38.1 Å². The summed E-state index contributed by atoms with van der Waals surface area (Å²) in [7, 11) is -4.20. The van der Waals surface area contributed by atoms with E-state index in [1.165, 1.54) is 24.1 Å². The molecule has 0 aliphatic carbocycles. The first kappa shape index (κ1) is 26.9. The summed E-state index contributed by atoms with van der Waals surface area (Å²) in [6, 6.07) is 7.17. The second-order valence-electron chi connectivity index (χ2n) is 8.66. The number of ether oxygens (including phenoxy) is 2. The van der Waals surface area contributed by atoms with Crippen molar-refractivity contribution in [2.24, 2.45) is 0 Å². The van der Waals surface area contributed by atoms with Crippen LogP contribution in [0.15, 0.2) is 43.0 Å². The minimum Gasteiger partial charge on any atom is -0.462 e. The molecule has 15 heteroatoms. The molecule has 200 valence electrons. The second-order valence-corrected chi connectivity index (χ2v) is 10.4. The Labute approximate surface area is 212 Å². The van der Waals surface area contributed by atoms with Gasteiger partial charge in [-0.2, -0.15) is 5.09 Å². The zero-order valence-electron chi connectivity index (χ0n) is 20.4. The number of para-hydroxylation sites is 1. The number of nitrogens with one attached hydrogen (secondary N) is 1. The van der Waals surface area contributed by atoms with Crippen LogP contribution in [0.2, 0.25) is 0 Å². The number of rotatable bonds is 10. The van der Waals surface area contributed by atoms with E-state index >= 15 is 0 Å². The van der Waals surface area contributed by atoms with Gasteiger partial charge in [-0.05, 0) is 32.9 Å². The van der Waals surface area contributed by atoms with Gasteiger partial charge in [0.05, 0.1) is 19.0 Å². The van der Waals surface area contributed by atoms with E-state index in [9.17, 15) is 19.6 Å². The van der Waals surface area contributed by atoms with E-state index in [0.29, 0.717) is 11.2 Å². The number of nitrogens with two attached hydrogens (primary N) is 1. The zero-order chi connectivity index (χ0) is 26.7. The number of hydrogen-bond donors (Lipinski definition) is 4. The van der Waals surface area contributed by atoms with Gasteiger partial charge in [-0.3, -0.25) is 13.9 Å². The van der Waals surface area contributed by atoms with Crippen molar-refractivity contribution in [2.45, 2.75) is 57.5 Å². The van der Waals surface area contributed by atoms with Gasteiger partial charge >= 0.3 is 13.7 Å². The first-order valence-corrected chi connectivity index (χ1v) is 13.0. The summed E-state index contributed by atoms with van der Waals surface area (Å²) in [4.78, 5) is 24.4. The van der Waals surface area contributed by atoms with Crippen LogP contribution in [-0.4, -0.2) is 72.8 Å². The predicted octanol–water partition coefficient (Wildman–Crippen LogP) is 1.16. The van der Waals surface area contributed by atoms with Crippen LogP contribution in [0.25, 0.3) is 11.2 Å². The van der Waals surface area contributed by atoms with Gasteiger partial charge in [-0.15, -0.1) is 0 Å². The van der Waals surface area contributed by atoms with Gasteiger partial charge in [0.15, 0.2) is 17.7 Å². The quantitative estimate of drug-likeness (QED) is 0.213. The molecule has 2 aromatic heterocycles. The van der Waals surface area contributed by atoms with Gasteiger partial charge in [0.25, 0.3) is 0 Å². The average molecular weight is 536 g/mol. The lowest BCUT2D eigenvalue weighted by Crippen LogP contribution is -2.38. The number of nitrogen functional groups attached to an aromatic ring is 1. The molecular weight excluding hydrogens is 507 g/mol. The molecule has 0 saturated carbocycles. The number of carbonyl (C=O) groups is 1. The van der Waals surface area contributed by atoms with E-state index in [-0.39, 0.29) is 17.7 Å². The third-order valence-electron chi connectivity index (χ3n) is 5.43. The van der Waals surface area contributed by atoms with Crippen LogP contribution < -0.4 is 15.3 Å². The molecule has 5 N–H and O–H groups in total. The van der Waals surface area contributed by atoms with E-state index in [2.05, 4.69) is 20.0 Å². The number of aromatic nitrogens is 4. The van der Waals surface area contributed by atoms with E-state index in [1.807, 2.05) is 0 Å². The summed E-state index contributed by atoms with van der Waals surface area (Å²) in [6.45, 7) is 4.37. The SMILES string of the molecule is CC(C)OC(=O)C(C)NP(=O)(OCC1OC(n2cnc3c(N)ncnc32)C(O)C1O)Oc1ccccc1. The standard InChI is InChI=1S/C22H29N6O8P/c1-12(2)34-22(31)13(3)27-37(32,36-14-7-5-4-6-8-14)33-9-15-17(29)18(30)21(35-15)28-11-26-16-19(23)24-10-25-20(16)28/h4-8,10-13,15,17-18,21,29-30H,9H2,1-3H3,(H,27,32)(H2,23,24,25). The van der Waals surface area contributed by atoms with Crippen molar-refractivity contribution in [3.8, 4) is 5.75 Å². The molecule has 0 amide bonds. The van der Waals surface area contributed by atoms with E-state index < -0.39 is 50.9 Å². The Hall–Kier alpha value is -3.13. The maximum Gasteiger partial charge on any atom is 0.459 e. The Balaban J connectivity index is 1.50. The zero-order valence-corrected chi connectivity index (χ0v) is 21.3. The summed E-state index contributed by atoms with van der Waals surface area (Å²) in [5.41, 5.74) is 6.42. The van der Waals surface area contributed by atoms with Gasteiger partial charge in [0, 0.05) is 0 Å². The highest BCUT2D eigenvalue weighted by molar-refractivity contribution is 7.52. The second kappa shape index (κ2) is 11.1. The number of esters is 1. The molecule has 14 nitrogen and oxygen atoms in total. The molecule has 6 unspecified atom stereocenters. The van der Waals surface area contributed by atoms with Crippen LogP contribution in [-0.2, 0) is 23.4 Å². The summed E-state index contributed by atoms with van der Waals surface area (Å²) in [5.74, 6) is -0.293. The lowest BCUT2D eigenvalue weighted by atomic mass is 10.1. The number of aliphatic hydroxyl groups excluding tert-OH is 2.